The maximum absolute atomic E-state index is 11.8. The van der Waals surface area contributed by atoms with Gasteiger partial charge in [-0.05, 0) is 12.5 Å². The second-order valence-corrected chi connectivity index (χ2v) is 6.91. The van der Waals surface area contributed by atoms with E-state index >= 15 is 0 Å². The van der Waals surface area contributed by atoms with Gasteiger partial charge in [0.15, 0.2) is 0 Å². The molecule has 1 amide bonds. The second-order valence-electron chi connectivity index (χ2n) is 6.91. The van der Waals surface area contributed by atoms with Crippen LogP contribution in [0, 0.1) is 0 Å². The number of nitrogens with one attached hydrogen (secondary N) is 1. The fraction of sp³-hybridized carbons (Fsp3) is 0.556. The molecule has 2 aromatic rings. The summed E-state index contributed by atoms with van der Waals surface area (Å²) >= 11 is 0. The third kappa shape index (κ3) is 4.02. The topological polar surface area (TPSA) is 88.4 Å². The molecule has 9 heteroatoms. The van der Waals surface area contributed by atoms with Crippen LogP contribution in [0.15, 0.2) is 12.3 Å². The molecule has 1 unspecified atom stereocenters. The van der Waals surface area contributed by atoms with Crippen molar-refractivity contribution in [3.63, 3.8) is 0 Å². The Bertz CT molecular complexity index is 818. The Balaban J connectivity index is 1.98. The molecule has 0 saturated carbocycles. The molecule has 146 valence electrons. The predicted octanol–water partition coefficient (Wildman–Crippen LogP) is 0.980. The van der Waals surface area contributed by atoms with E-state index in [1.807, 2.05) is 41.7 Å². The van der Waals surface area contributed by atoms with Gasteiger partial charge in [-0.15, -0.1) is 0 Å². The molecule has 1 aliphatic heterocycles. The van der Waals surface area contributed by atoms with E-state index in [2.05, 4.69) is 15.4 Å². The molecule has 0 aliphatic carbocycles. The smallest absolute Gasteiger partial charge is 0.227 e. The van der Waals surface area contributed by atoms with Crippen molar-refractivity contribution in [2.45, 2.75) is 25.9 Å². The number of hydrogen-bond donors (Lipinski definition) is 1. The van der Waals surface area contributed by atoms with E-state index < -0.39 is 0 Å². The molecule has 0 fully saturated rings. The van der Waals surface area contributed by atoms with Crippen LogP contribution in [-0.4, -0.2) is 64.9 Å². The lowest BCUT2D eigenvalue weighted by Gasteiger charge is -2.30. The van der Waals surface area contributed by atoms with Crippen LogP contribution >= 0.6 is 0 Å². The van der Waals surface area contributed by atoms with Crippen LogP contribution in [0.3, 0.4) is 0 Å². The van der Waals surface area contributed by atoms with E-state index in [0.29, 0.717) is 25.6 Å². The summed E-state index contributed by atoms with van der Waals surface area (Å²) in [6.45, 7) is 3.25. The molecule has 3 heterocycles. The first-order valence-electron chi connectivity index (χ1n) is 8.96. The fourth-order valence-electron chi connectivity index (χ4n) is 3.26. The Hall–Kier alpha value is -2.68. The second kappa shape index (κ2) is 7.91. The summed E-state index contributed by atoms with van der Waals surface area (Å²) in [7, 11) is 7.40. The van der Waals surface area contributed by atoms with Crippen molar-refractivity contribution in [2.24, 2.45) is 7.05 Å². The third-order valence-corrected chi connectivity index (χ3v) is 4.76. The van der Waals surface area contributed by atoms with E-state index in [1.54, 1.807) is 20.2 Å². The van der Waals surface area contributed by atoms with Crippen LogP contribution in [0.25, 0.3) is 0 Å². The number of carbonyl (C=O) groups excluding carboxylic acids is 1. The van der Waals surface area contributed by atoms with Gasteiger partial charge in [-0.3, -0.25) is 9.48 Å². The summed E-state index contributed by atoms with van der Waals surface area (Å²) in [6, 6.07) is 1.87. The third-order valence-electron chi connectivity index (χ3n) is 4.76. The maximum atomic E-state index is 11.8. The molecule has 2 aromatic heterocycles. The first kappa shape index (κ1) is 19.1. The normalized spacial score (nSPS) is 14.6. The summed E-state index contributed by atoms with van der Waals surface area (Å²) in [6.07, 6.45) is 2.49. The molecule has 27 heavy (non-hydrogen) atoms. The number of hydrogen-bond acceptors (Lipinski definition) is 7. The van der Waals surface area contributed by atoms with Gasteiger partial charge in [0.25, 0.3) is 0 Å². The van der Waals surface area contributed by atoms with E-state index in [1.165, 1.54) is 0 Å². The van der Waals surface area contributed by atoms with Crippen LogP contribution in [0.5, 0.6) is 0 Å². The molecule has 9 nitrogen and oxygen atoms in total. The van der Waals surface area contributed by atoms with E-state index in [9.17, 15) is 4.79 Å². The van der Waals surface area contributed by atoms with Gasteiger partial charge in [0.05, 0.1) is 30.6 Å². The number of amides is 1. The molecule has 0 spiro atoms. The standard InChI is InChI=1S/C18H27N7O2/c1-12(26)25-9-7-13-14(10-25)21-18(23(2)3)22-17(13)20-15(11-27-5)16-6-8-19-24(16)4/h6,8,15H,7,9-11H2,1-5H3,(H,20,21,22). The Morgan fingerprint density at radius 3 is 2.78 bits per heavy atom. The minimum Gasteiger partial charge on any atom is -0.382 e. The van der Waals surface area contributed by atoms with Gasteiger partial charge in [0.2, 0.25) is 11.9 Å². The van der Waals surface area contributed by atoms with Gasteiger partial charge < -0.3 is 19.9 Å². The lowest BCUT2D eigenvalue weighted by molar-refractivity contribution is -0.129. The zero-order chi connectivity index (χ0) is 19.6. The molecule has 0 saturated heterocycles. The van der Waals surface area contributed by atoms with Crippen molar-refractivity contribution in [3.8, 4) is 0 Å². The maximum Gasteiger partial charge on any atom is 0.227 e. The highest BCUT2D eigenvalue weighted by molar-refractivity contribution is 5.73. The Kier molecular flexibility index (Phi) is 5.59. The van der Waals surface area contributed by atoms with Crippen molar-refractivity contribution in [2.75, 3.05) is 44.6 Å². The quantitative estimate of drug-likeness (QED) is 0.807. The number of nitrogens with zero attached hydrogens (tertiary/aromatic N) is 6. The highest BCUT2D eigenvalue weighted by Gasteiger charge is 2.26. The van der Waals surface area contributed by atoms with Gasteiger partial charge in [-0.2, -0.15) is 10.1 Å². The van der Waals surface area contributed by atoms with Gasteiger partial charge in [0.1, 0.15) is 5.82 Å². The average molecular weight is 373 g/mol. The highest BCUT2D eigenvalue weighted by Crippen LogP contribution is 2.28. The number of aryl methyl sites for hydroxylation is 1. The molecular formula is C18H27N7O2. The minimum absolute atomic E-state index is 0.0623. The SMILES string of the molecule is COCC(Nc1nc(N(C)C)nc2c1CCN(C(C)=O)C2)c1ccnn1C. The predicted molar refractivity (Wildman–Crippen MR) is 103 cm³/mol. The van der Waals surface area contributed by atoms with Gasteiger partial charge in [0, 0.05) is 53.5 Å². The van der Waals surface area contributed by atoms with E-state index in [0.717, 1.165) is 29.2 Å². The lowest BCUT2D eigenvalue weighted by Crippen LogP contribution is -2.36. The molecule has 0 bridgehead atoms. The van der Waals surface area contributed by atoms with Crippen LogP contribution in [0.4, 0.5) is 11.8 Å². The lowest BCUT2D eigenvalue weighted by atomic mass is 10.0. The summed E-state index contributed by atoms with van der Waals surface area (Å²) < 4.78 is 7.24. The van der Waals surface area contributed by atoms with Crippen molar-refractivity contribution < 1.29 is 9.53 Å². The highest BCUT2D eigenvalue weighted by atomic mass is 16.5. The van der Waals surface area contributed by atoms with Crippen molar-refractivity contribution in [3.05, 3.63) is 29.2 Å². The zero-order valence-electron chi connectivity index (χ0n) is 16.6. The molecule has 1 N–H and O–H groups in total. The number of ether oxygens (including phenoxy) is 1. The first-order chi connectivity index (χ1) is 12.9. The van der Waals surface area contributed by atoms with Gasteiger partial charge in [-0.1, -0.05) is 0 Å². The molecule has 3 rings (SSSR count). The van der Waals surface area contributed by atoms with Crippen LogP contribution in [0.1, 0.15) is 29.9 Å². The number of anilines is 2. The van der Waals surface area contributed by atoms with Crippen LogP contribution < -0.4 is 10.2 Å². The van der Waals surface area contributed by atoms with Gasteiger partial charge in [-0.25, -0.2) is 4.98 Å². The number of carbonyl (C=O) groups is 1. The summed E-state index contributed by atoms with van der Waals surface area (Å²) in [5.74, 6) is 1.46. The van der Waals surface area contributed by atoms with Crippen LogP contribution in [-0.2, 0) is 29.5 Å². The number of rotatable bonds is 6. The van der Waals surface area contributed by atoms with E-state index in [4.69, 9.17) is 9.72 Å². The number of aromatic nitrogens is 4. The summed E-state index contributed by atoms with van der Waals surface area (Å²) in [5.41, 5.74) is 2.96. The van der Waals surface area contributed by atoms with Crippen LogP contribution in [0.2, 0.25) is 0 Å². The molecule has 0 radical (unpaired) electrons. The van der Waals surface area contributed by atoms with Crippen molar-refractivity contribution in [1.82, 2.24) is 24.6 Å². The zero-order valence-corrected chi connectivity index (χ0v) is 16.6. The minimum atomic E-state index is -0.0950. The van der Waals surface area contributed by atoms with Crippen molar-refractivity contribution in [1.29, 1.82) is 0 Å². The van der Waals surface area contributed by atoms with Gasteiger partial charge >= 0.3 is 0 Å². The molecular weight excluding hydrogens is 346 g/mol. The first-order valence-corrected chi connectivity index (χ1v) is 8.96. The Morgan fingerprint density at radius 1 is 1.41 bits per heavy atom. The number of fused-ring (bicyclic) bond motifs is 1. The summed E-state index contributed by atoms with van der Waals surface area (Å²) in [5, 5.41) is 7.78. The molecule has 1 aliphatic rings. The Labute approximate surface area is 159 Å². The monoisotopic (exact) mass is 373 g/mol. The molecule has 0 aromatic carbocycles. The Morgan fingerprint density at radius 2 is 2.19 bits per heavy atom. The average Bonchev–Trinajstić information content (AvgIpc) is 3.06. The van der Waals surface area contributed by atoms with E-state index in [-0.39, 0.29) is 11.9 Å². The summed E-state index contributed by atoms with van der Waals surface area (Å²) in [4.78, 5) is 24.9. The fourth-order valence-corrected chi connectivity index (χ4v) is 3.26. The number of methoxy groups -OCH3 is 1. The molecule has 1 atom stereocenters. The largest absolute Gasteiger partial charge is 0.382 e. The van der Waals surface area contributed by atoms with Crippen molar-refractivity contribution >= 4 is 17.7 Å².